The van der Waals surface area contributed by atoms with Gasteiger partial charge in [-0.15, -0.1) is 12.4 Å². The largest absolute Gasteiger partial charge is 0.328 e. The van der Waals surface area contributed by atoms with Gasteiger partial charge in [-0.05, 0) is 49.9 Å². The van der Waals surface area contributed by atoms with E-state index < -0.39 is 0 Å². The van der Waals surface area contributed by atoms with E-state index in [0.29, 0.717) is 18.0 Å². The number of nitrogens with two attached hydrogens (primary N) is 1. The van der Waals surface area contributed by atoms with Crippen LogP contribution in [0, 0.1) is 5.92 Å². The Bertz CT molecular complexity index is 378. The normalized spacial score (nSPS) is 22.8. The van der Waals surface area contributed by atoms with Crippen LogP contribution in [0.1, 0.15) is 38.3 Å². The third kappa shape index (κ3) is 4.09. The van der Waals surface area contributed by atoms with Gasteiger partial charge in [-0.1, -0.05) is 30.7 Å². The maximum atomic E-state index is 6.02. The summed E-state index contributed by atoms with van der Waals surface area (Å²) in [5, 5.41) is 0.809. The highest BCUT2D eigenvalue weighted by molar-refractivity contribution is 6.30. The summed E-state index contributed by atoms with van der Waals surface area (Å²) in [5.41, 5.74) is 7.38. The number of rotatable bonds is 4. The highest BCUT2D eigenvalue weighted by atomic mass is 35.5. The number of hydrogen-bond donors (Lipinski definition) is 1. The number of halogens is 2. The molecule has 1 aromatic rings. The Balaban J connectivity index is 0.00000180. The molecule has 1 heterocycles. The molecule has 0 radical (unpaired) electrons. The van der Waals surface area contributed by atoms with Crippen LogP contribution >= 0.6 is 24.0 Å². The Hall–Kier alpha value is -0.280. The van der Waals surface area contributed by atoms with Gasteiger partial charge in [0.15, 0.2) is 0 Å². The average Bonchev–Trinajstić information content (AvgIpc) is 2.82. The number of nitrogens with zero attached hydrogens (tertiary/aromatic N) is 1. The lowest BCUT2D eigenvalue weighted by Gasteiger charge is -2.28. The van der Waals surface area contributed by atoms with E-state index in [9.17, 15) is 0 Å². The average molecular weight is 303 g/mol. The van der Waals surface area contributed by atoms with E-state index in [1.807, 2.05) is 12.1 Å². The van der Waals surface area contributed by atoms with Crippen LogP contribution in [0.25, 0.3) is 0 Å². The fourth-order valence-electron chi connectivity index (χ4n) is 2.92. The molecule has 3 atom stereocenters. The molecule has 1 aromatic carbocycles. The molecule has 2 N–H and O–H groups in total. The van der Waals surface area contributed by atoms with Gasteiger partial charge in [0.1, 0.15) is 0 Å². The van der Waals surface area contributed by atoms with Crippen LogP contribution in [0.4, 0.5) is 0 Å². The first-order chi connectivity index (χ1) is 8.61. The highest BCUT2D eigenvalue weighted by Crippen LogP contribution is 2.31. The molecule has 0 bridgehead atoms. The van der Waals surface area contributed by atoms with Gasteiger partial charge in [-0.3, -0.25) is 4.90 Å². The maximum absolute atomic E-state index is 6.02. The Labute approximate surface area is 127 Å². The molecule has 108 valence electrons. The standard InChI is InChI=1S/C15H23ClN2.ClH/c1-3-15(12-4-6-14(16)7-5-12)18-9-8-13(10-18)11(2)17;/h4-7,11,13,15H,3,8-10,17H2,1-2H3;1H. The van der Waals surface area contributed by atoms with Crippen LogP contribution < -0.4 is 5.73 Å². The summed E-state index contributed by atoms with van der Waals surface area (Å²) in [7, 11) is 0. The van der Waals surface area contributed by atoms with Crippen LogP contribution in [-0.4, -0.2) is 24.0 Å². The van der Waals surface area contributed by atoms with Crippen molar-refractivity contribution in [1.82, 2.24) is 4.90 Å². The zero-order valence-corrected chi connectivity index (χ0v) is 13.3. The van der Waals surface area contributed by atoms with Crippen molar-refractivity contribution in [2.75, 3.05) is 13.1 Å². The van der Waals surface area contributed by atoms with Gasteiger partial charge in [0, 0.05) is 23.7 Å². The first kappa shape index (κ1) is 16.8. The smallest absolute Gasteiger partial charge is 0.0406 e. The predicted octanol–water partition coefficient (Wildman–Crippen LogP) is 3.88. The van der Waals surface area contributed by atoms with Crippen molar-refractivity contribution in [3.63, 3.8) is 0 Å². The lowest BCUT2D eigenvalue weighted by Crippen LogP contribution is -2.31. The third-order valence-electron chi connectivity index (χ3n) is 4.08. The molecular formula is C15H24Cl2N2. The Morgan fingerprint density at radius 2 is 2.00 bits per heavy atom. The SMILES string of the molecule is CCC(c1ccc(Cl)cc1)N1CCC(C(C)N)C1.Cl. The lowest BCUT2D eigenvalue weighted by atomic mass is 10.0. The molecule has 1 aliphatic heterocycles. The predicted molar refractivity (Wildman–Crippen MR) is 85.1 cm³/mol. The van der Waals surface area contributed by atoms with E-state index in [1.165, 1.54) is 12.0 Å². The van der Waals surface area contributed by atoms with E-state index in [1.54, 1.807) is 0 Å². The van der Waals surface area contributed by atoms with Crippen molar-refractivity contribution >= 4 is 24.0 Å². The Morgan fingerprint density at radius 1 is 1.37 bits per heavy atom. The maximum Gasteiger partial charge on any atom is 0.0406 e. The summed E-state index contributed by atoms with van der Waals surface area (Å²) < 4.78 is 0. The molecule has 1 saturated heterocycles. The third-order valence-corrected chi connectivity index (χ3v) is 4.33. The number of hydrogen-bond acceptors (Lipinski definition) is 2. The molecular weight excluding hydrogens is 279 g/mol. The zero-order valence-electron chi connectivity index (χ0n) is 11.7. The second-order valence-corrected chi connectivity index (χ2v) is 5.81. The monoisotopic (exact) mass is 302 g/mol. The fourth-order valence-corrected chi connectivity index (χ4v) is 3.04. The molecule has 2 nitrogen and oxygen atoms in total. The van der Waals surface area contributed by atoms with Crippen LogP contribution in [0.15, 0.2) is 24.3 Å². The lowest BCUT2D eigenvalue weighted by molar-refractivity contribution is 0.227. The summed E-state index contributed by atoms with van der Waals surface area (Å²) >= 11 is 5.95. The zero-order chi connectivity index (χ0) is 13.1. The topological polar surface area (TPSA) is 29.3 Å². The molecule has 4 heteroatoms. The Morgan fingerprint density at radius 3 is 2.47 bits per heavy atom. The second-order valence-electron chi connectivity index (χ2n) is 5.38. The number of likely N-dealkylation sites (tertiary alicyclic amines) is 1. The molecule has 1 fully saturated rings. The van der Waals surface area contributed by atoms with Crippen molar-refractivity contribution in [1.29, 1.82) is 0 Å². The van der Waals surface area contributed by atoms with Gasteiger partial charge in [0.25, 0.3) is 0 Å². The molecule has 1 aliphatic rings. The van der Waals surface area contributed by atoms with Gasteiger partial charge in [-0.2, -0.15) is 0 Å². The summed E-state index contributed by atoms with van der Waals surface area (Å²) in [6.07, 6.45) is 2.36. The minimum Gasteiger partial charge on any atom is -0.328 e. The van der Waals surface area contributed by atoms with Gasteiger partial charge in [0.2, 0.25) is 0 Å². The van der Waals surface area contributed by atoms with E-state index in [0.717, 1.165) is 24.5 Å². The second kappa shape index (κ2) is 7.49. The van der Waals surface area contributed by atoms with Crippen molar-refractivity contribution in [2.45, 2.75) is 38.8 Å². The van der Waals surface area contributed by atoms with Gasteiger partial charge in [0.05, 0.1) is 0 Å². The van der Waals surface area contributed by atoms with Crippen molar-refractivity contribution in [3.8, 4) is 0 Å². The van der Waals surface area contributed by atoms with Crippen molar-refractivity contribution in [2.24, 2.45) is 11.7 Å². The quantitative estimate of drug-likeness (QED) is 0.914. The highest BCUT2D eigenvalue weighted by Gasteiger charge is 2.29. The summed E-state index contributed by atoms with van der Waals surface area (Å²) in [6.45, 7) is 6.65. The van der Waals surface area contributed by atoms with Crippen molar-refractivity contribution < 1.29 is 0 Å². The van der Waals surface area contributed by atoms with E-state index in [4.69, 9.17) is 17.3 Å². The molecule has 0 saturated carbocycles. The molecule has 19 heavy (non-hydrogen) atoms. The number of benzene rings is 1. The summed E-state index contributed by atoms with van der Waals surface area (Å²) in [6, 6.07) is 9.08. The molecule has 0 amide bonds. The van der Waals surface area contributed by atoms with Crippen LogP contribution in [0.2, 0.25) is 5.02 Å². The Kier molecular flexibility index (Phi) is 6.61. The van der Waals surface area contributed by atoms with Crippen molar-refractivity contribution in [3.05, 3.63) is 34.9 Å². The van der Waals surface area contributed by atoms with E-state index in [-0.39, 0.29) is 12.4 Å². The minimum atomic E-state index is 0. The molecule has 0 aliphatic carbocycles. The molecule has 3 unspecified atom stereocenters. The first-order valence-electron chi connectivity index (χ1n) is 6.87. The van der Waals surface area contributed by atoms with E-state index >= 15 is 0 Å². The minimum absolute atomic E-state index is 0. The molecule has 0 spiro atoms. The molecule has 0 aromatic heterocycles. The molecule has 2 rings (SSSR count). The fraction of sp³-hybridized carbons (Fsp3) is 0.600. The van der Waals surface area contributed by atoms with Crippen LogP contribution in [-0.2, 0) is 0 Å². The summed E-state index contributed by atoms with van der Waals surface area (Å²) in [4.78, 5) is 2.57. The first-order valence-corrected chi connectivity index (χ1v) is 7.24. The summed E-state index contributed by atoms with van der Waals surface area (Å²) in [5.74, 6) is 0.645. The van der Waals surface area contributed by atoms with Crippen LogP contribution in [0.3, 0.4) is 0 Å². The van der Waals surface area contributed by atoms with E-state index in [2.05, 4.69) is 30.9 Å². The van der Waals surface area contributed by atoms with Gasteiger partial charge >= 0.3 is 0 Å². The van der Waals surface area contributed by atoms with Crippen LogP contribution in [0.5, 0.6) is 0 Å². The van der Waals surface area contributed by atoms with Gasteiger partial charge < -0.3 is 5.73 Å². The van der Waals surface area contributed by atoms with Gasteiger partial charge in [-0.25, -0.2) is 0 Å².